The molecular formula is C16H25N3O2. The highest BCUT2D eigenvalue weighted by Crippen LogP contribution is 2.15. The Labute approximate surface area is 126 Å². The van der Waals surface area contributed by atoms with Crippen LogP contribution in [0.15, 0.2) is 24.3 Å². The SMILES string of the molecule is CCC1COC(C)CN1CCOc1ccc(C(=N)N)cc1. The molecule has 0 aromatic heterocycles. The number of benzene rings is 1. The quantitative estimate of drug-likeness (QED) is 0.620. The van der Waals surface area contributed by atoms with Gasteiger partial charge in [0.25, 0.3) is 0 Å². The minimum absolute atomic E-state index is 0.0784. The van der Waals surface area contributed by atoms with Gasteiger partial charge in [-0.1, -0.05) is 6.92 Å². The van der Waals surface area contributed by atoms with Gasteiger partial charge in [-0.05, 0) is 37.6 Å². The summed E-state index contributed by atoms with van der Waals surface area (Å²) in [5.74, 6) is 0.893. The van der Waals surface area contributed by atoms with E-state index in [9.17, 15) is 0 Å². The molecule has 2 atom stereocenters. The predicted molar refractivity (Wildman–Crippen MR) is 84.0 cm³/mol. The van der Waals surface area contributed by atoms with Crippen molar-refractivity contribution in [2.24, 2.45) is 5.73 Å². The summed E-state index contributed by atoms with van der Waals surface area (Å²) in [6, 6.07) is 7.82. The predicted octanol–water partition coefficient (Wildman–Crippen LogP) is 1.85. The van der Waals surface area contributed by atoms with E-state index in [0.29, 0.717) is 18.8 Å². The van der Waals surface area contributed by atoms with Gasteiger partial charge in [-0.15, -0.1) is 0 Å². The molecule has 0 aliphatic carbocycles. The normalized spacial score (nSPS) is 23.0. The molecule has 0 saturated carbocycles. The second-order valence-corrected chi connectivity index (χ2v) is 5.49. The number of ether oxygens (including phenoxy) is 2. The smallest absolute Gasteiger partial charge is 0.122 e. The third-order valence-corrected chi connectivity index (χ3v) is 3.86. The first-order valence-electron chi connectivity index (χ1n) is 7.53. The van der Waals surface area contributed by atoms with Gasteiger partial charge >= 0.3 is 0 Å². The number of morpholine rings is 1. The van der Waals surface area contributed by atoms with Gasteiger partial charge in [0, 0.05) is 24.7 Å². The fourth-order valence-corrected chi connectivity index (χ4v) is 2.57. The maximum atomic E-state index is 7.36. The monoisotopic (exact) mass is 291 g/mol. The van der Waals surface area contributed by atoms with Crippen molar-refractivity contribution in [3.05, 3.63) is 29.8 Å². The molecule has 0 amide bonds. The lowest BCUT2D eigenvalue weighted by molar-refractivity contribution is -0.0586. The maximum absolute atomic E-state index is 7.36. The van der Waals surface area contributed by atoms with E-state index in [2.05, 4.69) is 18.7 Å². The summed E-state index contributed by atoms with van der Waals surface area (Å²) < 4.78 is 11.5. The average molecular weight is 291 g/mol. The summed E-state index contributed by atoms with van der Waals surface area (Å²) in [6.07, 6.45) is 1.39. The average Bonchev–Trinajstić information content (AvgIpc) is 2.48. The summed E-state index contributed by atoms with van der Waals surface area (Å²) in [7, 11) is 0. The number of hydrogen-bond donors (Lipinski definition) is 2. The molecular weight excluding hydrogens is 266 g/mol. The van der Waals surface area contributed by atoms with Gasteiger partial charge in [0.05, 0.1) is 12.7 Å². The first-order valence-corrected chi connectivity index (χ1v) is 7.53. The zero-order valence-corrected chi connectivity index (χ0v) is 12.8. The Balaban J connectivity index is 1.81. The Bertz CT molecular complexity index is 461. The molecule has 2 rings (SSSR count). The van der Waals surface area contributed by atoms with Crippen LogP contribution in [0.4, 0.5) is 0 Å². The number of nitrogens with two attached hydrogens (primary N) is 1. The Morgan fingerprint density at radius 1 is 1.43 bits per heavy atom. The van der Waals surface area contributed by atoms with Crippen molar-refractivity contribution in [1.29, 1.82) is 5.41 Å². The highest BCUT2D eigenvalue weighted by Gasteiger charge is 2.24. The number of hydrogen-bond acceptors (Lipinski definition) is 4. The number of rotatable bonds is 6. The number of amidine groups is 1. The second kappa shape index (κ2) is 7.43. The van der Waals surface area contributed by atoms with Gasteiger partial charge < -0.3 is 15.2 Å². The van der Waals surface area contributed by atoms with Crippen molar-refractivity contribution in [1.82, 2.24) is 4.90 Å². The molecule has 1 aliphatic heterocycles. The topological polar surface area (TPSA) is 71.6 Å². The molecule has 0 radical (unpaired) electrons. The highest BCUT2D eigenvalue weighted by atomic mass is 16.5. The van der Waals surface area contributed by atoms with Gasteiger partial charge in [0.15, 0.2) is 0 Å². The summed E-state index contributed by atoms with van der Waals surface area (Å²) >= 11 is 0. The summed E-state index contributed by atoms with van der Waals surface area (Å²) in [6.45, 7) is 7.64. The molecule has 3 N–H and O–H groups in total. The maximum Gasteiger partial charge on any atom is 0.122 e. The Morgan fingerprint density at radius 3 is 2.76 bits per heavy atom. The third-order valence-electron chi connectivity index (χ3n) is 3.86. The molecule has 116 valence electrons. The van der Waals surface area contributed by atoms with E-state index in [0.717, 1.165) is 37.4 Å². The van der Waals surface area contributed by atoms with Crippen molar-refractivity contribution >= 4 is 5.84 Å². The van der Waals surface area contributed by atoms with Crippen LogP contribution in [-0.2, 0) is 4.74 Å². The second-order valence-electron chi connectivity index (χ2n) is 5.49. The van der Waals surface area contributed by atoms with Crippen LogP contribution in [0, 0.1) is 5.41 Å². The van der Waals surface area contributed by atoms with Crippen LogP contribution >= 0.6 is 0 Å². The molecule has 1 aromatic carbocycles. The van der Waals surface area contributed by atoms with E-state index in [1.807, 2.05) is 24.3 Å². The van der Waals surface area contributed by atoms with E-state index in [1.54, 1.807) is 0 Å². The molecule has 1 saturated heterocycles. The number of nitrogens with one attached hydrogen (secondary N) is 1. The largest absolute Gasteiger partial charge is 0.492 e. The van der Waals surface area contributed by atoms with Crippen molar-refractivity contribution in [2.45, 2.75) is 32.4 Å². The van der Waals surface area contributed by atoms with Crippen LogP contribution in [0.5, 0.6) is 5.75 Å². The van der Waals surface area contributed by atoms with Crippen LogP contribution in [0.2, 0.25) is 0 Å². The summed E-state index contributed by atoms with van der Waals surface area (Å²) in [5.41, 5.74) is 6.15. The van der Waals surface area contributed by atoms with E-state index in [1.165, 1.54) is 0 Å². The fourth-order valence-electron chi connectivity index (χ4n) is 2.57. The highest BCUT2D eigenvalue weighted by molar-refractivity contribution is 5.94. The van der Waals surface area contributed by atoms with Gasteiger partial charge in [0.2, 0.25) is 0 Å². The minimum Gasteiger partial charge on any atom is -0.492 e. The van der Waals surface area contributed by atoms with Crippen LogP contribution in [0.1, 0.15) is 25.8 Å². The van der Waals surface area contributed by atoms with Gasteiger partial charge in [-0.3, -0.25) is 10.3 Å². The van der Waals surface area contributed by atoms with Crippen LogP contribution in [0.25, 0.3) is 0 Å². The third kappa shape index (κ3) is 4.44. The molecule has 1 heterocycles. The molecule has 1 aromatic rings. The van der Waals surface area contributed by atoms with Crippen LogP contribution in [-0.4, -0.2) is 49.2 Å². The minimum atomic E-state index is 0.0784. The summed E-state index contributed by atoms with van der Waals surface area (Å²) in [5, 5.41) is 7.36. The van der Waals surface area contributed by atoms with Crippen molar-refractivity contribution < 1.29 is 9.47 Å². The van der Waals surface area contributed by atoms with E-state index in [4.69, 9.17) is 20.6 Å². The molecule has 1 aliphatic rings. The molecule has 0 bridgehead atoms. The van der Waals surface area contributed by atoms with E-state index in [-0.39, 0.29) is 5.84 Å². The summed E-state index contributed by atoms with van der Waals surface area (Å²) in [4.78, 5) is 2.44. The van der Waals surface area contributed by atoms with E-state index < -0.39 is 0 Å². The van der Waals surface area contributed by atoms with Crippen LogP contribution < -0.4 is 10.5 Å². The Kier molecular flexibility index (Phi) is 5.59. The van der Waals surface area contributed by atoms with Gasteiger partial charge in [0.1, 0.15) is 18.2 Å². The fraction of sp³-hybridized carbons (Fsp3) is 0.562. The molecule has 21 heavy (non-hydrogen) atoms. The molecule has 5 nitrogen and oxygen atoms in total. The lowest BCUT2D eigenvalue weighted by Gasteiger charge is -2.38. The standard InChI is InChI=1S/C16H25N3O2/c1-3-14-11-21-12(2)10-19(14)8-9-20-15-6-4-13(5-7-15)16(17)18/h4-7,12,14H,3,8-11H2,1-2H3,(H3,17,18). The first kappa shape index (κ1) is 15.8. The van der Waals surface area contributed by atoms with Crippen molar-refractivity contribution in [3.8, 4) is 5.75 Å². The zero-order chi connectivity index (χ0) is 15.2. The Morgan fingerprint density at radius 2 is 2.14 bits per heavy atom. The zero-order valence-electron chi connectivity index (χ0n) is 12.8. The van der Waals surface area contributed by atoms with Crippen molar-refractivity contribution in [2.75, 3.05) is 26.3 Å². The Hall–Kier alpha value is -1.59. The van der Waals surface area contributed by atoms with E-state index >= 15 is 0 Å². The lowest BCUT2D eigenvalue weighted by Crippen LogP contribution is -2.49. The van der Waals surface area contributed by atoms with Crippen molar-refractivity contribution in [3.63, 3.8) is 0 Å². The van der Waals surface area contributed by atoms with Gasteiger partial charge in [-0.2, -0.15) is 0 Å². The lowest BCUT2D eigenvalue weighted by atomic mass is 10.1. The first-order chi connectivity index (χ1) is 10.1. The number of nitrogen functional groups attached to an aromatic ring is 1. The van der Waals surface area contributed by atoms with Gasteiger partial charge in [-0.25, -0.2) is 0 Å². The molecule has 0 spiro atoms. The molecule has 1 fully saturated rings. The number of nitrogens with zero attached hydrogens (tertiary/aromatic N) is 1. The van der Waals surface area contributed by atoms with Crippen LogP contribution in [0.3, 0.4) is 0 Å². The molecule has 2 unspecified atom stereocenters. The molecule has 5 heteroatoms.